The topological polar surface area (TPSA) is 72.5 Å². The highest BCUT2D eigenvalue weighted by Gasteiger charge is 2.16. The first-order valence-corrected chi connectivity index (χ1v) is 5.33. The number of nitrogens with two attached hydrogens (primary N) is 1. The van der Waals surface area contributed by atoms with Gasteiger partial charge in [-0.1, -0.05) is 0 Å². The average molecular weight is 283 g/mol. The molecule has 0 aromatic heterocycles. The lowest BCUT2D eigenvalue weighted by Gasteiger charge is -2.10. The fraction of sp³-hybridized carbons (Fsp3) is 0. The predicted octanol–water partition coefficient (Wildman–Crippen LogP) is 3.18. The van der Waals surface area contributed by atoms with Gasteiger partial charge >= 0.3 is 5.97 Å². The predicted molar refractivity (Wildman–Crippen MR) is 64.2 cm³/mol. The highest BCUT2D eigenvalue weighted by atomic mass is 19.1. The van der Waals surface area contributed by atoms with Crippen molar-refractivity contribution in [2.24, 2.45) is 0 Å². The molecule has 2 aromatic carbocycles. The molecule has 0 bridgehead atoms. The Morgan fingerprint density at radius 1 is 1.05 bits per heavy atom. The number of aromatic carboxylic acids is 1. The molecule has 2 rings (SSSR count). The molecule has 4 nitrogen and oxygen atoms in total. The number of benzene rings is 2. The molecule has 0 heterocycles. The van der Waals surface area contributed by atoms with Crippen LogP contribution in [0, 0.1) is 17.5 Å². The summed E-state index contributed by atoms with van der Waals surface area (Å²) in [5.41, 5.74) is 4.66. The van der Waals surface area contributed by atoms with Crippen molar-refractivity contribution in [3.05, 3.63) is 53.3 Å². The molecule has 0 aliphatic rings. The lowest BCUT2D eigenvalue weighted by Crippen LogP contribution is -2.04. The lowest BCUT2D eigenvalue weighted by molar-refractivity contribution is 0.0697. The zero-order chi connectivity index (χ0) is 14.9. The van der Waals surface area contributed by atoms with Gasteiger partial charge in [0.2, 0.25) is 0 Å². The highest BCUT2D eigenvalue weighted by Crippen LogP contribution is 2.30. The summed E-state index contributed by atoms with van der Waals surface area (Å²) in [6.07, 6.45) is 0. The number of nitrogen functional groups attached to an aromatic ring is 1. The van der Waals surface area contributed by atoms with Gasteiger partial charge in [-0.15, -0.1) is 0 Å². The number of hydrogen-bond donors (Lipinski definition) is 2. The standard InChI is InChI=1S/C13H8F3NO3/c14-6-1-2-11(8(15)3-6)20-12-4-7(13(18)19)10(17)5-9(12)16/h1-5H,17H2,(H,18,19). The van der Waals surface area contributed by atoms with Gasteiger partial charge in [0, 0.05) is 23.9 Å². The highest BCUT2D eigenvalue weighted by molar-refractivity contribution is 5.94. The van der Waals surface area contributed by atoms with Gasteiger partial charge in [0.1, 0.15) is 5.82 Å². The molecule has 104 valence electrons. The van der Waals surface area contributed by atoms with Gasteiger partial charge in [-0.2, -0.15) is 0 Å². The van der Waals surface area contributed by atoms with Crippen LogP contribution >= 0.6 is 0 Å². The van der Waals surface area contributed by atoms with E-state index in [1.807, 2.05) is 0 Å². The first kappa shape index (κ1) is 13.7. The molecule has 0 saturated carbocycles. The molecule has 0 fully saturated rings. The number of ether oxygens (including phenoxy) is 1. The number of rotatable bonds is 3. The SMILES string of the molecule is Nc1cc(F)c(Oc2ccc(F)cc2F)cc1C(=O)O. The van der Waals surface area contributed by atoms with Crippen molar-refractivity contribution in [3.63, 3.8) is 0 Å². The number of halogens is 3. The van der Waals surface area contributed by atoms with Crippen LogP contribution in [-0.4, -0.2) is 11.1 Å². The van der Waals surface area contributed by atoms with E-state index in [-0.39, 0.29) is 11.3 Å². The summed E-state index contributed by atoms with van der Waals surface area (Å²) in [7, 11) is 0. The molecule has 20 heavy (non-hydrogen) atoms. The fourth-order valence-electron chi connectivity index (χ4n) is 1.51. The second-order valence-electron chi connectivity index (χ2n) is 3.85. The van der Waals surface area contributed by atoms with Crippen molar-refractivity contribution in [1.82, 2.24) is 0 Å². The zero-order valence-electron chi connectivity index (χ0n) is 9.86. The van der Waals surface area contributed by atoms with Crippen LogP contribution in [0.2, 0.25) is 0 Å². The van der Waals surface area contributed by atoms with Gasteiger partial charge in [0.15, 0.2) is 23.1 Å². The molecule has 0 unspecified atom stereocenters. The molecule has 7 heteroatoms. The van der Waals surface area contributed by atoms with E-state index in [2.05, 4.69) is 0 Å². The van der Waals surface area contributed by atoms with E-state index >= 15 is 0 Å². The minimum atomic E-state index is -1.38. The van der Waals surface area contributed by atoms with Crippen LogP contribution in [-0.2, 0) is 0 Å². The van der Waals surface area contributed by atoms with Crippen molar-refractivity contribution in [2.45, 2.75) is 0 Å². The molecular weight excluding hydrogens is 275 g/mol. The van der Waals surface area contributed by atoms with Crippen LogP contribution in [0.15, 0.2) is 30.3 Å². The maximum absolute atomic E-state index is 13.6. The summed E-state index contributed by atoms with van der Waals surface area (Å²) in [5, 5.41) is 8.86. The van der Waals surface area contributed by atoms with Gasteiger partial charge in [-0.05, 0) is 12.1 Å². The van der Waals surface area contributed by atoms with Crippen molar-refractivity contribution < 1.29 is 27.8 Å². The summed E-state index contributed by atoms with van der Waals surface area (Å²) in [4.78, 5) is 10.9. The van der Waals surface area contributed by atoms with Crippen molar-refractivity contribution in [1.29, 1.82) is 0 Å². The summed E-state index contributed by atoms with van der Waals surface area (Å²) in [5.74, 6) is -5.17. The number of anilines is 1. The summed E-state index contributed by atoms with van der Waals surface area (Å²) >= 11 is 0. The quantitative estimate of drug-likeness (QED) is 0.848. The van der Waals surface area contributed by atoms with E-state index in [9.17, 15) is 18.0 Å². The third-order valence-electron chi connectivity index (χ3n) is 2.45. The fourth-order valence-corrected chi connectivity index (χ4v) is 1.51. The van der Waals surface area contributed by atoms with Crippen molar-refractivity contribution in [3.8, 4) is 11.5 Å². The Hall–Kier alpha value is -2.70. The molecule has 0 aliphatic heterocycles. The van der Waals surface area contributed by atoms with Gasteiger partial charge in [0.25, 0.3) is 0 Å². The Kier molecular flexibility index (Phi) is 3.51. The molecule has 0 spiro atoms. The minimum absolute atomic E-state index is 0.290. The summed E-state index contributed by atoms with van der Waals surface area (Å²) in [6.45, 7) is 0. The average Bonchev–Trinajstić information content (AvgIpc) is 2.35. The van der Waals surface area contributed by atoms with E-state index in [1.54, 1.807) is 0 Å². The number of carbonyl (C=O) groups is 1. The van der Waals surface area contributed by atoms with Crippen LogP contribution in [0.4, 0.5) is 18.9 Å². The smallest absolute Gasteiger partial charge is 0.337 e. The van der Waals surface area contributed by atoms with Crippen molar-refractivity contribution >= 4 is 11.7 Å². The molecule has 2 aromatic rings. The largest absolute Gasteiger partial charge is 0.478 e. The normalized spacial score (nSPS) is 10.3. The van der Waals surface area contributed by atoms with Crippen LogP contribution in [0.25, 0.3) is 0 Å². The number of hydrogen-bond acceptors (Lipinski definition) is 3. The molecular formula is C13H8F3NO3. The van der Waals surface area contributed by atoms with Crippen molar-refractivity contribution in [2.75, 3.05) is 5.73 Å². The van der Waals surface area contributed by atoms with Crippen LogP contribution < -0.4 is 10.5 Å². The molecule has 0 aliphatic carbocycles. The van der Waals surface area contributed by atoms with E-state index < -0.39 is 34.9 Å². The lowest BCUT2D eigenvalue weighted by atomic mass is 10.1. The first-order chi connectivity index (χ1) is 9.38. The van der Waals surface area contributed by atoms with Gasteiger partial charge in [-0.3, -0.25) is 0 Å². The molecule has 3 N–H and O–H groups in total. The number of carboxylic acid groups (broad SMARTS) is 1. The zero-order valence-corrected chi connectivity index (χ0v) is 9.86. The molecule has 0 radical (unpaired) electrons. The van der Waals surface area contributed by atoms with Crippen LogP contribution in [0.1, 0.15) is 10.4 Å². The van der Waals surface area contributed by atoms with Crippen LogP contribution in [0.3, 0.4) is 0 Å². The molecule has 0 saturated heterocycles. The van der Waals surface area contributed by atoms with Gasteiger partial charge < -0.3 is 15.6 Å². The van der Waals surface area contributed by atoms with E-state index in [0.717, 1.165) is 24.3 Å². The Balaban J connectivity index is 2.43. The third kappa shape index (κ3) is 2.66. The second kappa shape index (κ2) is 5.12. The molecule has 0 amide bonds. The summed E-state index contributed by atoms with van der Waals surface area (Å²) < 4.78 is 44.6. The second-order valence-corrected chi connectivity index (χ2v) is 3.85. The van der Waals surface area contributed by atoms with Crippen LogP contribution in [0.5, 0.6) is 11.5 Å². The molecule has 0 atom stereocenters. The monoisotopic (exact) mass is 283 g/mol. The van der Waals surface area contributed by atoms with E-state index in [1.165, 1.54) is 0 Å². The Morgan fingerprint density at radius 3 is 2.30 bits per heavy atom. The van der Waals surface area contributed by atoms with Gasteiger partial charge in [0.05, 0.1) is 5.56 Å². The Morgan fingerprint density at radius 2 is 1.70 bits per heavy atom. The Bertz CT molecular complexity index is 689. The maximum Gasteiger partial charge on any atom is 0.337 e. The third-order valence-corrected chi connectivity index (χ3v) is 2.45. The van der Waals surface area contributed by atoms with E-state index in [0.29, 0.717) is 6.07 Å². The van der Waals surface area contributed by atoms with E-state index in [4.69, 9.17) is 15.6 Å². The van der Waals surface area contributed by atoms with Gasteiger partial charge in [-0.25, -0.2) is 18.0 Å². The Labute approximate surface area is 111 Å². The summed E-state index contributed by atoms with van der Waals surface area (Å²) in [6, 6.07) is 4.02. The number of carboxylic acids is 1. The first-order valence-electron chi connectivity index (χ1n) is 5.33. The maximum atomic E-state index is 13.6. The minimum Gasteiger partial charge on any atom is -0.478 e.